The van der Waals surface area contributed by atoms with E-state index < -0.39 is 39.1 Å². The predicted octanol–water partition coefficient (Wildman–Crippen LogP) is 4.19. The van der Waals surface area contributed by atoms with E-state index >= 15 is 0 Å². The molecule has 0 unspecified atom stereocenters. The third-order valence-corrected chi connectivity index (χ3v) is 9.86. The number of sulfone groups is 1. The molecule has 12 heteroatoms. The number of carbonyl (C=O) groups excluding carboxylic acids is 3. The smallest absolute Gasteiger partial charge is 0.341 e. The van der Waals surface area contributed by atoms with Crippen LogP contribution in [0, 0.1) is 6.92 Å². The third-order valence-electron chi connectivity index (χ3n) is 6.22. The van der Waals surface area contributed by atoms with Crippen molar-refractivity contribution in [2.75, 3.05) is 23.4 Å². The normalized spacial score (nSPS) is 14.1. The molecule has 0 aliphatic heterocycles. The fourth-order valence-corrected chi connectivity index (χ4v) is 8.02. The molecule has 1 aromatic carbocycles. The molecule has 0 bridgehead atoms. The standard InChI is InChI=1S/C27H31N3O6S3/c1-4-13-30-19-12-11-17(3)14-21(19)38-27(30)29-23(32)16-39(34,35)15-22(31)28-25-24(26(33)36-5-2)18-9-7-6-8-10-20(18)37-25/h4,11-12,14H,1,5-10,13,15-16H2,2-3H3,(H,28,31). The molecule has 3 aromatic rings. The highest BCUT2D eigenvalue weighted by molar-refractivity contribution is 7.92. The van der Waals surface area contributed by atoms with Crippen molar-refractivity contribution in [3.63, 3.8) is 0 Å². The van der Waals surface area contributed by atoms with Crippen LogP contribution in [0.4, 0.5) is 5.00 Å². The number of ether oxygens (including phenoxy) is 1. The van der Waals surface area contributed by atoms with Crippen molar-refractivity contribution in [3.05, 3.63) is 57.2 Å². The van der Waals surface area contributed by atoms with E-state index in [1.165, 1.54) is 22.7 Å². The van der Waals surface area contributed by atoms with Gasteiger partial charge in [-0.2, -0.15) is 4.99 Å². The van der Waals surface area contributed by atoms with E-state index in [0.29, 0.717) is 28.3 Å². The number of esters is 1. The molecule has 1 aliphatic rings. The zero-order chi connectivity index (χ0) is 28.2. The SMILES string of the molecule is C=CCn1c(=NC(=O)CS(=O)(=O)CC(=O)Nc2sc3c(c2C(=O)OCC)CCCCC3)sc2cc(C)ccc21. The average molecular weight is 590 g/mol. The predicted molar refractivity (Wildman–Crippen MR) is 154 cm³/mol. The number of hydrogen-bond donors (Lipinski definition) is 1. The van der Waals surface area contributed by atoms with Crippen LogP contribution >= 0.6 is 22.7 Å². The first-order valence-electron chi connectivity index (χ1n) is 12.7. The summed E-state index contributed by atoms with van der Waals surface area (Å²) in [5, 5.41) is 2.89. The average Bonchev–Trinajstić information content (AvgIpc) is 3.25. The molecular weight excluding hydrogens is 559 g/mol. The van der Waals surface area contributed by atoms with Gasteiger partial charge in [0.05, 0.1) is 22.4 Å². The van der Waals surface area contributed by atoms with Gasteiger partial charge >= 0.3 is 5.97 Å². The molecule has 0 saturated heterocycles. The largest absolute Gasteiger partial charge is 0.462 e. The van der Waals surface area contributed by atoms with Gasteiger partial charge in [0, 0.05) is 11.4 Å². The van der Waals surface area contributed by atoms with E-state index in [1.807, 2.05) is 25.1 Å². The van der Waals surface area contributed by atoms with E-state index in [0.717, 1.165) is 51.9 Å². The molecule has 39 heavy (non-hydrogen) atoms. The number of fused-ring (bicyclic) bond motifs is 2. The van der Waals surface area contributed by atoms with Crippen molar-refractivity contribution in [2.24, 2.45) is 4.99 Å². The summed E-state index contributed by atoms with van der Waals surface area (Å²) in [5.74, 6) is -4.02. The van der Waals surface area contributed by atoms with Crippen LogP contribution in [-0.4, -0.2) is 48.9 Å². The Morgan fingerprint density at radius 1 is 1.15 bits per heavy atom. The van der Waals surface area contributed by atoms with Gasteiger partial charge in [0.25, 0.3) is 5.91 Å². The summed E-state index contributed by atoms with van der Waals surface area (Å²) >= 11 is 2.57. The molecule has 1 aliphatic carbocycles. The Kier molecular flexibility index (Phi) is 9.19. The Bertz CT molecular complexity index is 1610. The van der Waals surface area contributed by atoms with E-state index in [4.69, 9.17) is 4.74 Å². The minimum Gasteiger partial charge on any atom is -0.462 e. The first-order valence-corrected chi connectivity index (χ1v) is 16.2. The van der Waals surface area contributed by atoms with Crippen molar-refractivity contribution < 1.29 is 27.5 Å². The number of nitrogens with zero attached hydrogens (tertiary/aromatic N) is 2. The fourth-order valence-electron chi connectivity index (χ4n) is 4.56. The summed E-state index contributed by atoms with van der Waals surface area (Å²) in [6.45, 7) is 7.99. The summed E-state index contributed by atoms with van der Waals surface area (Å²) in [4.78, 5) is 43.6. The number of amides is 2. The molecule has 0 radical (unpaired) electrons. The number of benzene rings is 1. The number of anilines is 1. The van der Waals surface area contributed by atoms with Crippen molar-refractivity contribution >= 4 is 65.5 Å². The Morgan fingerprint density at radius 2 is 1.92 bits per heavy atom. The molecule has 0 atom stereocenters. The van der Waals surface area contributed by atoms with Crippen LogP contribution in [0.5, 0.6) is 0 Å². The first-order chi connectivity index (χ1) is 18.6. The highest BCUT2D eigenvalue weighted by Crippen LogP contribution is 2.38. The lowest BCUT2D eigenvalue weighted by Crippen LogP contribution is -2.28. The summed E-state index contributed by atoms with van der Waals surface area (Å²) < 4.78 is 33.5. The van der Waals surface area contributed by atoms with Gasteiger partial charge in [0.2, 0.25) is 5.91 Å². The second-order valence-electron chi connectivity index (χ2n) is 9.33. The minimum absolute atomic E-state index is 0.184. The van der Waals surface area contributed by atoms with Gasteiger partial charge in [-0.3, -0.25) is 9.59 Å². The zero-order valence-electron chi connectivity index (χ0n) is 21.9. The lowest BCUT2D eigenvalue weighted by atomic mass is 10.1. The Balaban J connectivity index is 1.51. The molecule has 2 aromatic heterocycles. The lowest BCUT2D eigenvalue weighted by Gasteiger charge is -2.08. The number of aryl methyl sites for hydroxylation is 2. The highest BCUT2D eigenvalue weighted by Gasteiger charge is 2.28. The number of thiophene rings is 1. The van der Waals surface area contributed by atoms with Gasteiger partial charge in [-0.15, -0.1) is 17.9 Å². The van der Waals surface area contributed by atoms with E-state index in [-0.39, 0.29) is 6.61 Å². The van der Waals surface area contributed by atoms with E-state index in [2.05, 4.69) is 16.9 Å². The molecular formula is C27H31N3O6S3. The molecule has 2 amide bonds. The van der Waals surface area contributed by atoms with Crippen molar-refractivity contribution in [3.8, 4) is 0 Å². The Labute approximate surface area is 235 Å². The summed E-state index contributed by atoms with van der Waals surface area (Å²) in [7, 11) is -4.13. The molecule has 208 valence electrons. The van der Waals surface area contributed by atoms with Crippen LogP contribution in [0.15, 0.2) is 35.8 Å². The monoisotopic (exact) mass is 589 g/mol. The van der Waals surface area contributed by atoms with Crippen LogP contribution in [-0.2, 0) is 43.5 Å². The Hall–Kier alpha value is -3.09. The molecule has 1 N–H and O–H groups in total. The second kappa shape index (κ2) is 12.4. The van der Waals surface area contributed by atoms with Crippen LogP contribution in [0.25, 0.3) is 10.2 Å². The van der Waals surface area contributed by atoms with Gasteiger partial charge in [-0.05, 0) is 62.8 Å². The van der Waals surface area contributed by atoms with Crippen molar-refractivity contribution in [1.82, 2.24) is 4.57 Å². The van der Waals surface area contributed by atoms with E-state index in [9.17, 15) is 22.8 Å². The summed E-state index contributed by atoms with van der Waals surface area (Å²) in [6.07, 6.45) is 6.13. The van der Waals surface area contributed by atoms with Gasteiger partial charge in [0.15, 0.2) is 14.6 Å². The second-order valence-corrected chi connectivity index (χ2v) is 13.5. The number of carbonyl (C=O) groups is 3. The molecule has 0 saturated carbocycles. The summed E-state index contributed by atoms with van der Waals surface area (Å²) in [6, 6.07) is 5.84. The maximum atomic E-state index is 12.8. The number of nitrogens with one attached hydrogen (secondary N) is 1. The summed E-state index contributed by atoms with van der Waals surface area (Å²) in [5.41, 5.74) is 3.09. The molecule has 4 rings (SSSR count). The van der Waals surface area contributed by atoms with Crippen LogP contribution in [0.2, 0.25) is 0 Å². The number of aromatic nitrogens is 1. The van der Waals surface area contributed by atoms with Gasteiger partial charge in [0.1, 0.15) is 16.5 Å². The number of rotatable bonds is 9. The van der Waals surface area contributed by atoms with E-state index in [1.54, 1.807) is 17.6 Å². The topological polar surface area (TPSA) is 124 Å². The molecule has 0 fully saturated rings. The van der Waals surface area contributed by atoms with Crippen molar-refractivity contribution in [2.45, 2.75) is 52.5 Å². The number of allylic oxidation sites excluding steroid dienone is 1. The lowest BCUT2D eigenvalue weighted by molar-refractivity contribution is -0.115. The van der Waals surface area contributed by atoms with Gasteiger partial charge in [-0.25, -0.2) is 13.2 Å². The first kappa shape index (κ1) is 28.9. The fraction of sp³-hybridized carbons (Fsp3) is 0.407. The molecule has 2 heterocycles. The number of thiazole rings is 1. The quantitative estimate of drug-likeness (QED) is 0.227. The maximum absolute atomic E-state index is 12.8. The van der Waals surface area contributed by atoms with Gasteiger partial charge < -0.3 is 14.6 Å². The Morgan fingerprint density at radius 3 is 2.67 bits per heavy atom. The molecule has 9 nitrogen and oxygen atoms in total. The van der Waals surface area contributed by atoms with Crippen LogP contribution in [0.3, 0.4) is 0 Å². The molecule has 0 spiro atoms. The van der Waals surface area contributed by atoms with Crippen LogP contribution < -0.4 is 10.1 Å². The number of hydrogen-bond acceptors (Lipinski definition) is 8. The third kappa shape index (κ3) is 6.92. The highest BCUT2D eigenvalue weighted by atomic mass is 32.2. The van der Waals surface area contributed by atoms with Crippen molar-refractivity contribution in [1.29, 1.82) is 0 Å². The zero-order valence-corrected chi connectivity index (χ0v) is 24.4. The van der Waals surface area contributed by atoms with Gasteiger partial charge in [-0.1, -0.05) is 29.9 Å². The maximum Gasteiger partial charge on any atom is 0.341 e. The van der Waals surface area contributed by atoms with Crippen LogP contribution in [0.1, 0.15) is 52.5 Å². The minimum atomic E-state index is -4.13.